The van der Waals surface area contributed by atoms with Crippen molar-refractivity contribution in [2.45, 2.75) is 0 Å². The molecule has 2 aromatic heterocycles. The molecule has 0 radical (unpaired) electrons. The van der Waals surface area contributed by atoms with Gasteiger partial charge in [-0.3, -0.25) is 0 Å². The van der Waals surface area contributed by atoms with Gasteiger partial charge in [-0.1, -0.05) is 5.21 Å². The minimum atomic E-state index is -0.944. The van der Waals surface area contributed by atoms with E-state index < -0.39 is 5.97 Å². The summed E-state index contributed by atoms with van der Waals surface area (Å²) in [4.78, 5) is 11.0. The molecule has 0 aromatic carbocycles. The maximum absolute atomic E-state index is 10.7. The highest BCUT2D eigenvalue weighted by Crippen LogP contribution is 2.19. The van der Waals surface area contributed by atoms with Crippen molar-refractivity contribution in [3.05, 3.63) is 28.7 Å². The third kappa shape index (κ3) is 1.31. The third-order valence-corrected chi connectivity index (χ3v) is 2.40. The number of carbonyl (C=O) groups is 1. The molecule has 13 heavy (non-hydrogen) atoms. The van der Waals surface area contributed by atoms with Crippen molar-refractivity contribution in [3.8, 4) is 5.69 Å². The van der Waals surface area contributed by atoms with E-state index in [9.17, 15) is 4.79 Å². The average Bonchev–Trinajstić information content (AvgIpc) is 2.74. The molecule has 66 valence electrons. The Hall–Kier alpha value is -1.69. The Labute approximate surface area is 77.2 Å². The minimum absolute atomic E-state index is 0.269. The number of hydrogen-bond donors (Lipinski definition) is 1. The van der Waals surface area contributed by atoms with Gasteiger partial charge in [0, 0.05) is 0 Å². The van der Waals surface area contributed by atoms with E-state index in [0.29, 0.717) is 5.69 Å². The van der Waals surface area contributed by atoms with E-state index in [1.165, 1.54) is 22.2 Å². The summed E-state index contributed by atoms with van der Waals surface area (Å²) in [6.07, 6.45) is 3.11. The SMILES string of the molecule is O=C(O)c1sccc1-n1ccnn1. The highest BCUT2D eigenvalue weighted by molar-refractivity contribution is 7.12. The van der Waals surface area contributed by atoms with E-state index in [2.05, 4.69) is 10.3 Å². The van der Waals surface area contributed by atoms with Crippen molar-refractivity contribution in [1.82, 2.24) is 15.0 Å². The van der Waals surface area contributed by atoms with Crippen LogP contribution < -0.4 is 0 Å². The van der Waals surface area contributed by atoms with Gasteiger partial charge in [-0.2, -0.15) is 0 Å². The highest BCUT2D eigenvalue weighted by atomic mass is 32.1. The monoisotopic (exact) mass is 195 g/mol. The lowest BCUT2D eigenvalue weighted by Crippen LogP contribution is -2.01. The lowest BCUT2D eigenvalue weighted by atomic mass is 10.4. The van der Waals surface area contributed by atoms with Gasteiger partial charge in [0.2, 0.25) is 0 Å². The molecule has 6 heteroatoms. The van der Waals surface area contributed by atoms with Crippen molar-refractivity contribution in [2.75, 3.05) is 0 Å². The first-order valence-electron chi connectivity index (χ1n) is 3.46. The maximum atomic E-state index is 10.7. The predicted molar refractivity (Wildman–Crippen MR) is 46.2 cm³/mol. The lowest BCUT2D eigenvalue weighted by Gasteiger charge is -1.96. The summed E-state index contributed by atoms with van der Waals surface area (Å²) in [7, 11) is 0. The van der Waals surface area contributed by atoms with Gasteiger partial charge in [0.15, 0.2) is 0 Å². The zero-order valence-corrected chi connectivity index (χ0v) is 7.23. The Bertz CT molecular complexity index is 421. The third-order valence-electron chi connectivity index (χ3n) is 1.51. The number of rotatable bonds is 2. The number of hydrogen-bond acceptors (Lipinski definition) is 4. The fraction of sp³-hybridized carbons (Fsp3) is 0. The molecule has 0 bridgehead atoms. The Kier molecular flexibility index (Phi) is 1.82. The first-order chi connectivity index (χ1) is 6.29. The molecule has 0 aliphatic heterocycles. The number of carboxylic acids is 1. The largest absolute Gasteiger partial charge is 0.477 e. The van der Waals surface area contributed by atoms with Crippen LogP contribution in [0.4, 0.5) is 0 Å². The quantitative estimate of drug-likeness (QED) is 0.777. The van der Waals surface area contributed by atoms with Gasteiger partial charge in [-0.15, -0.1) is 16.4 Å². The van der Waals surface area contributed by atoms with Crippen molar-refractivity contribution in [3.63, 3.8) is 0 Å². The van der Waals surface area contributed by atoms with Gasteiger partial charge in [0.1, 0.15) is 4.88 Å². The van der Waals surface area contributed by atoms with Crippen LogP contribution in [0.2, 0.25) is 0 Å². The van der Waals surface area contributed by atoms with Gasteiger partial charge >= 0.3 is 5.97 Å². The molecule has 0 aliphatic carbocycles. The van der Waals surface area contributed by atoms with Crippen LogP contribution in [0.1, 0.15) is 9.67 Å². The molecule has 0 saturated carbocycles. The van der Waals surface area contributed by atoms with E-state index in [1.807, 2.05) is 0 Å². The van der Waals surface area contributed by atoms with Crippen LogP contribution in [0.3, 0.4) is 0 Å². The molecule has 0 fully saturated rings. The Morgan fingerprint density at radius 2 is 2.46 bits per heavy atom. The summed E-state index contributed by atoms with van der Waals surface area (Å²) in [6, 6.07) is 1.70. The zero-order chi connectivity index (χ0) is 9.26. The maximum Gasteiger partial charge on any atom is 0.348 e. The number of aromatic nitrogens is 3. The van der Waals surface area contributed by atoms with Crippen molar-refractivity contribution in [1.29, 1.82) is 0 Å². The van der Waals surface area contributed by atoms with E-state index in [-0.39, 0.29) is 4.88 Å². The second kappa shape index (κ2) is 2.98. The highest BCUT2D eigenvalue weighted by Gasteiger charge is 2.13. The van der Waals surface area contributed by atoms with Crippen molar-refractivity contribution < 1.29 is 9.90 Å². The van der Waals surface area contributed by atoms with Crippen LogP contribution in [-0.2, 0) is 0 Å². The van der Waals surface area contributed by atoms with Crippen molar-refractivity contribution in [2.24, 2.45) is 0 Å². The minimum Gasteiger partial charge on any atom is -0.477 e. The van der Waals surface area contributed by atoms with Gasteiger partial charge in [0.25, 0.3) is 0 Å². The van der Waals surface area contributed by atoms with Crippen LogP contribution in [0, 0.1) is 0 Å². The molecule has 2 heterocycles. The normalized spacial score (nSPS) is 10.2. The number of nitrogens with zero attached hydrogens (tertiary/aromatic N) is 3. The molecular formula is C7H5N3O2S. The number of aromatic carboxylic acids is 1. The first-order valence-corrected chi connectivity index (χ1v) is 4.34. The average molecular weight is 195 g/mol. The van der Waals surface area contributed by atoms with Gasteiger partial charge in [0.05, 0.1) is 18.1 Å². The molecule has 0 amide bonds. The summed E-state index contributed by atoms with van der Waals surface area (Å²) >= 11 is 1.17. The molecule has 5 nitrogen and oxygen atoms in total. The number of thiophene rings is 1. The number of carboxylic acid groups (broad SMARTS) is 1. The topological polar surface area (TPSA) is 68.0 Å². The molecule has 2 rings (SSSR count). The Morgan fingerprint density at radius 3 is 3.08 bits per heavy atom. The molecule has 0 spiro atoms. The standard InChI is InChI=1S/C7H5N3O2S/c11-7(12)6-5(1-4-13-6)10-3-2-8-9-10/h1-4H,(H,11,12). The van der Waals surface area contributed by atoms with Crippen molar-refractivity contribution >= 4 is 17.3 Å². The lowest BCUT2D eigenvalue weighted by molar-refractivity contribution is 0.0702. The second-order valence-corrected chi connectivity index (χ2v) is 3.20. The smallest absolute Gasteiger partial charge is 0.348 e. The van der Waals surface area contributed by atoms with Crippen LogP contribution in [0.5, 0.6) is 0 Å². The van der Waals surface area contributed by atoms with E-state index in [4.69, 9.17) is 5.11 Å². The summed E-state index contributed by atoms with van der Waals surface area (Å²) in [5.74, 6) is -0.944. The van der Waals surface area contributed by atoms with Gasteiger partial charge in [-0.05, 0) is 11.4 Å². The van der Waals surface area contributed by atoms with E-state index >= 15 is 0 Å². The molecule has 0 unspecified atom stereocenters. The summed E-state index contributed by atoms with van der Waals surface area (Å²) in [5, 5.41) is 17.8. The van der Waals surface area contributed by atoms with Crippen LogP contribution in [0.15, 0.2) is 23.8 Å². The zero-order valence-electron chi connectivity index (χ0n) is 6.41. The first kappa shape index (κ1) is 7.93. The molecular weight excluding hydrogens is 190 g/mol. The fourth-order valence-electron chi connectivity index (χ4n) is 0.980. The van der Waals surface area contributed by atoms with Crippen LogP contribution >= 0.6 is 11.3 Å². The summed E-state index contributed by atoms with van der Waals surface area (Å²) in [5.41, 5.74) is 0.551. The fourth-order valence-corrected chi connectivity index (χ4v) is 1.70. The van der Waals surface area contributed by atoms with Crippen LogP contribution in [0.25, 0.3) is 5.69 Å². The van der Waals surface area contributed by atoms with Gasteiger partial charge in [-0.25, -0.2) is 9.48 Å². The predicted octanol–water partition coefficient (Wildman–Crippen LogP) is 1.03. The molecule has 1 N–H and O–H groups in total. The van der Waals surface area contributed by atoms with E-state index in [0.717, 1.165) is 0 Å². The summed E-state index contributed by atoms with van der Waals surface area (Å²) < 4.78 is 1.43. The molecule has 0 atom stereocenters. The van der Waals surface area contributed by atoms with Gasteiger partial charge < -0.3 is 5.11 Å². The summed E-state index contributed by atoms with van der Waals surface area (Å²) in [6.45, 7) is 0. The molecule has 0 saturated heterocycles. The second-order valence-electron chi connectivity index (χ2n) is 2.29. The Balaban J connectivity index is 2.52. The van der Waals surface area contributed by atoms with E-state index in [1.54, 1.807) is 17.6 Å². The molecule has 2 aromatic rings. The molecule has 0 aliphatic rings. The Morgan fingerprint density at radius 1 is 1.62 bits per heavy atom. The van der Waals surface area contributed by atoms with Crippen LogP contribution in [-0.4, -0.2) is 26.1 Å².